The van der Waals surface area contributed by atoms with Gasteiger partial charge in [0.25, 0.3) is 5.91 Å². The first-order valence-corrected chi connectivity index (χ1v) is 10.4. The number of carbonyl (C=O) groups excluding carboxylic acids is 1. The van der Waals surface area contributed by atoms with E-state index in [1.807, 2.05) is 18.0 Å². The molecule has 1 aliphatic rings. The smallest absolute Gasteiger partial charge is 0.274 e. The van der Waals surface area contributed by atoms with Crippen LogP contribution in [0.1, 0.15) is 48.9 Å². The Bertz CT molecular complexity index is 731. The number of nitrogens with one attached hydrogen (secondary N) is 1. The van der Waals surface area contributed by atoms with Crippen molar-refractivity contribution in [3.8, 4) is 0 Å². The highest BCUT2D eigenvalue weighted by Crippen LogP contribution is 2.19. The van der Waals surface area contributed by atoms with E-state index in [4.69, 9.17) is 4.74 Å². The molecule has 1 fully saturated rings. The van der Waals surface area contributed by atoms with Gasteiger partial charge in [-0.25, -0.2) is 4.98 Å². The summed E-state index contributed by atoms with van der Waals surface area (Å²) in [5.41, 5.74) is 0.522. The van der Waals surface area contributed by atoms with Crippen LogP contribution in [0, 0.1) is 0 Å². The van der Waals surface area contributed by atoms with Crippen molar-refractivity contribution in [3.63, 3.8) is 0 Å². The molecule has 9 heteroatoms. The molecule has 0 radical (unpaired) electrons. The molecule has 0 saturated carbocycles. The minimum absolute atomic E-state index is 0.00828. The summed E-state index contributed by atoms with van der Waals surface area (Å²) in [7, 11) is 1.68. The highest BCUT2D eigenvalue weighted by Gasteiger charge is 2.24. The summed E-state index contributed by atoms with van der Waals surface area (Å²) in [4.78, 5) is 19.4. The number of hydrogen-bond acceptors (Lipinski definition) is 7. The molecule has 2 aromatic rings. The van der Waals surface area contributed by atoms with Crippen molar-refractivity contribution in [1.29, 1.82) is 0 Å². The van der Waals surface area contributed by atoms with Gasteiger partial charge in [0, 0.05) is 56.9 Å². The predicted octanol–water partition coefficient (Wildman–Crippen LogP) is 2.44. The minimum Gasteiger partial charge on any atom is -0.384 e. The number of methoxy groups -OCH3 is 1. The van der Waals surface area contributed by atoms with Gasteiger partial charge in [-0.05, 0) is 25.8 Å². The number of ether oxygens (including phenoxy) is 1. The lowest BCUT2D eigenvalue weighted by atomic mass is 10.0. The van der Waals surface area contributed by atoms with Crippen molar-refractivity contribution < 1.29 is 9.53 Å². The number of aromatic nitrogens is 4. The van der Waals surface area contributed by atoms with Crippen LogP contribution in [0.4, 0.5) is 5.13 Å². The Morgan fingerprint density at radius 3 is 3.07 bits per heavy atom. The molecule has 0 spiro atoms. The molecule has 1 unspecified atom stereocenters. The number of anilines is 1. The SMILES string of the molecule is CCn1ccc(C(=O)N2CCCCCC(Nc3nc(CCOC)ns3)C2)n1. The maximum absolute atomic E-state index is 12.9. The second kappa shape index (κ2) is 9.80. The van der Waals surface area contributed by atoms with Crippen molar-refractivity contribution in [2.75, 3.05) is 32.1 Å². The number of hydrogen-bond donors (Lipinski definition) is 1. The van der Waals surface area contributed by atoms with Gasteiger partial charge in [0.05, 0.1) is 6.61 Å². The minimum atomic E-state index is 0.00828. The zero-order chi connectivity index (χ0) is 19.1. The summed E-state index contributed by atoms with van der Waals surface area (Å²) in [6.07, 6.45) is 6.90. The van der Waals surface area contributed by atoms with Crippen molar-refractivity contribution >= 4 is 22.6 Å². The van der Waals surface area contributed by atoms with E-state index in [-0.39, 0.29) is 11.9 Å². The predicted molar refractivity (Wildman–Crippen MR) is 105 cm³/mol. The second-order valence-corrected chi connectivity index (χ2v) is 7.51. The molecule has 1 atom stereocenters. The third kappa shape index (κ3) is 5.49. The number of aryl methyl sites for hydroxylation is 1. The molecule has 3 rings (SSSR count). The van der Waals surface area contributed by atoms with Crippen LogP contribution in [-0.2, 0) is 17.7 Å². The highest BCUT2D eigenvalue weighted by molar-refractivity contribution is 7.09. The van der Waals surface area contributed by atoms with Crippen LogP contribution >= 0.6 is 11.5 Å². The molecule has 1 saturated heterocycles. The summed E-state index contributed by atoms with van der Waals surface area (Å²) in [6, 6.07) is 1.98. The van der Waals surface area contributed by atoms with Crippen molar-refractivity contribution in [1.82, 2.24) is 24.0 Å². The summed E-state index contributed by atoms with van der Waals surface area (Å²) < 4.78 is 11.2. The first-order chi connectivity index (χ1) is 13.2. The first-order valence-electron chi connectivity index (χ1n) is 9.60. The molecular weight excluding hydrogens is 364 g/mol. The molecule has 1 N–H and O–H groups in total. The fourth-order valence-corrected chi connectivity index (χ4v) is 3.91. The molecule has 0 aliphatic carbocycles. The largest absolute Gasteiger partial charge is 0.384 e. The zero-order valence-electron chi connectivity index (χ0n) is 16.1. The van der Waals surface area contributed by atoms with Crippen LogP contribution in [0.5, 0.6) is 0 Å². The van der Waals surface area contributed by atoms with Crippen LogP contribution in [-0.4, -0.2) is 62.8 Å². The molecule has 1 amide bonds. The number of carbonyl (C=O) groups is 1. The van der Waals surface area contributed by atoms with Gasteiger partial charge in [-0.2, -0.15) is 9.47 Å². The highest BCUT2D eigenvalue weighted by atomic mass is 32.1. The normalized spacial score (nSPS) is 18.1. The molecular formula is C18H28N6O2S. The van der Waals surface area contributed by atoms with Crippen LogP contribution in [0.2, 0.25) is 0 Å². The molecule has 1 aliphatic heterocycles. The van der Waals surface area contributed by atoms with Crippen LogP contribution < -0.4 is 5.32 Å². The Balaban J connectivity index is 1.64. The van der Waals surface area contributed by atoms with Gasteiger partial charge in [-0.1, -0.05) is 12.8 Å². The lowest BCUT2D eigenvalue weighted by Crippen LogP contribution is -2.42. The molecule has 8 nitrogen and oxygen atoms in total. The van der Waals surface area contributed by atoms with E-state index in [1.54, 1.807) is 17.9 Å². The van der Waals surface area contributed by atoms with Gasteiger partial charge < -0.3 is 15.0 Å². The Kier molecular flexibility index (Phi) is 7.17. The van der Waals surface area contributed by atoms with Crippen molar-refractivity contribution in [2.45, 2.75) is 51.6 Å². The van der Waals surface area contributed by atoms with Gasteiger partial charge in [0.1, 0.15) is 11.5 Å². The number of likely N-dealkylation sites (tertiary alicyclic amines) is 1. The topological polar surface area (TPSA) is 85.2 Å². The van der Waals surface area contributed by atoms with Crippen molar-refractivity contribution in [3.05, 3.63) is 23.8 Å². The van der Waals surface area contributed by atoms with E-state index in [2.05, 4.69) is 19.8 Å². The molecule has 0 bridgehead atoms. The van der Waals surface area contributed by atoms with E-state index in [1.165, 1.54) is 11.5 Å². The summed E-state index contributed by atoms with van der Waals surface area (Å²) >= 11 is 1.37. The molecule has 27 heavy (non-hydrogen) atoms. The Labute approximate surface area is 164 Å². The average molecular weight is 393 g/mol. The molecule has 2 aromatic heterocycles. The number of rotatable bonds is 7. The maximum Gasteiger partial charge on any atom is 0.274 e. The monoisotopic (exact) mass is 392 g/mol. The van der Waals surface area contributed by atoms with Gasteiger partial charge in [0.2, 0.25) is 5.13 Å². The van der Waals surface area contributed by atoms with Gasteiger partial charge >= 0.3 is 0 Å². The molecule has 148 valence electrons. The standard InChI is InChI=1S/C18H28N6O2S/c1-3-24-11-8-15(21-24)17(25)23-10-6-4-5-7-14(13-23)19-18-20-16(22-27-18)9-12-26-2/h8,11,14H,3-7,9-10,12-13H2,1-2H3,(H,19,20,22). The number of nitrogens with zero attached hydrogens (tertiary/aromatic N) is 5. The maximum atomic E-state index is 12.9. The quantitative estimate of drug-likeness (QED) is 0.779. The summed E-state index contributed by atoms with van der Waals surface area (Å²) in [5.74, 6) is 0.808. The summed E-state index contributed by atoms with van der Waals surface area (Å²) in [5, 5.41) is 8.67. The fourth-order valence-electron chi connectivity index (χ4n) is 3.22. The Morgan fingerprint density at radius 1 is 1.41 bits per heavy atom. The number of amides is 1. The Hall–Kier alpha value is -2.00. The van der Waals surface area contributed by atoms with E-state index in [0.717, 1.165) is 49.7 Å². The van der Waals surface area contributed by atoms with Crippen LogP contribution in [0.25, 0.3) is 0 Å². The van der Waals surface area contributed by atoms with E-state index >= 15 is 0 Å². The average Bonchev–Trinajstić information content (AvgIpc) is 3.31. The third-order valence-electron chi connectivity index (χ3n) is 4.72. The lowest BCUT2D eigenvalue weighted by molar-refractivity contribution is 0.0729. The summed E-state index contributed by atoms with van der Waals surface area (Å²) in [6.45, 7) is 4.82. The second-order valence-electron chi connectivity index (χ2n) is 6.76. The van der Waals surface area contributed by atoms with Crippen LogP contribution in [0.15, 0.2) is 12.3 Å². The van der Waals surface area contributed by atoms with Crippen molar-refractivity contribution in [2.24, 2.45) is 0 Å². The third-order valence-corrected chi connectivity index (χ3v) is 5.40. The Morgan fingerprint density at radius 2 is 2.30 bits per heavy atom. The zero-order valence-corrected chi connectivity index (χ0v) is 16.9. The van der Waals surface area contributed by atoms with Gasteiger partial charge in [-0.3, -0.25) is 9.48 Å². The van der Waals surface area contributed by atoms with E-state index < -0.39 is 0 Å². The fraction of sp³-hybridized carbons (Fsp3) is 0.667. The first kappa shape index (κ1) is 19.8. The molecule has 0 aromatic carbocycles. The van der Waals surface area contributed by atoms with Gasteiger partial charge in [-0.15, -0.1) is 0 Å². The van der Waals surface area contributed by atoms with Crippen LogP contribution in [0.3, 0.4) is 0 Å². The molecule has 3 heterocycles. The van der Waals surface area contributed by atoms with Gasteiger partial charge in [0.15, 0.2) is 0 Å². The lowest BCUT2D eigenvalue weighted by Gasteiger charge is -2.30. The van der Waals surface area contributed by atoms with E-state index in [9.17, 15) is 4.79 Å². The van der Waals surface area contributed by atoms with E-state index in [0.29, 0.717) is 25.3 Å².